The summed E-state index contributed by atoms with van der Waals surface area (Å²) in [6.45, 7) is 21.4. The van der Waals surface area contributed by atoms with Crippen LogP contribution in [0.3, 0.4) is 0 Å². The summed E-state index contributed by atoms with van der Waals surface area (Å²) in [6, 6.07) is 4.54. The maximum Gasteiger partial charge on any atom is 0.330 e. The number of aromatic nitrogens is 2. The zero-order chi connectivity index (χ0) is 105. The molecule has 22 atom stereocenters. The fraction of sp³-hybridized carbons (Fsp3) is 0.717. The molecule has 0 saturated carbocycles. The van der Waals surface area contributed by atoms with Gasteiger partial charge in [-0.05, 0) is 75.2 Å². The van der Waals surface area contributed by atoms with Gasteiger partial charge in [0, 0.05) is 120 Å². The highest BCUT2D eigenvalue weighted by Gasteiger charge is 2.46. The van der Waals surface area contributed by atoms with Crippen LogP contribution in [0.4, 0.5) is 8.78 Å². The first kappa shape index (κ1) is 123. The summed E-state index contributed by atoms with van der Waals surface area (Å²) >= 11 is 7.97. The molecule has 0 bridgehead atoms. The Hall–Kier alpha value is -7.97. The number of thioether (sulfide) groups is 2. The Balaban J connectivity index is 0.000000569. The fourth-order valence-electron chi connectivity index (χ4n) is 15.6. The molecule has 0 spiro atoms. The van der Waals surface area contributed by atoms with Crippen LogP contribution in [0.2, 0.25) is 0 Å². The number of carboxylic acids is 1. The Bertz CT molecular complexity index is 4470. The van der Waals surface area contributed by atoms with E-state index in [1.165, 1.54) is 49.1 Å². The average Bonchev–Trinajstić information content (AvgIpc) is 0.841. The molecule has 2 unspecified atom stereocenters. The normalized spacial score (nSPS) is 25.6. The predicted octanol–water partition coefficient (Wildman–Crippen LogP) is -2.08. The van der Waals surface area contributed by atoms with Gasteiger partial charge in [0.15, 0.2) is 0 Å². The van der Waals surface area contributed by atoms with Gasteiger partial charge in [-0.2, -0.15) is 11.8 Å². The van der Waals surface area contributed by atoms with E-state index in [0.717, 1.165) is 21.6 Å². The molecule has 5 aliphatic rings. The predicted molar refractivity (Wildman–Crippen MR) is 511 cm³/mol. The van der Waals surface area contributed by atoms with Gasteiger partial charge in [0.05, 0.1) is 246 Å². The fourth-order valence-corrected chi connectivity index (χ4v) is 17.7. The molecule has 6 heterocycles. The minimum absolute atomic E-state index is 0.0161. The van der Waals surface area contributed by atoms with Gasteiger partial charge in [-0.3, -0.25) is 57.4 Å². The van der Waals surface area contributed by atoms with Crippen LogP contribution in [-0.2, 0) is 127 Å². The van der Waals surface area contributed by atoms with Crippen LogP contribution in [-0.4, -0.2) is 390 Å². The van der Waals surface area contributed by atoms with E-state index < -0.39 is 130 Å². The number of rotatable bonds is 55. The maximum absolute atomic E-state index is 15.1. The SMILES string of the molecule is CC(=O)N[C@@H]1[C@@H](O)[C@H](C)[C@@H](CO)O[C@H]1C.C[C@H]1[C@H](O)[C@@H](NC(=O)CCSCC(N)=O)[C@H](C)O[C@@H]1CO.C[C@H]1[C@H](O)[C@@H](NCl)[C@H](C)O[C@@H]1CO.Cc1c(-c2ccc(CC(NC(=O)c3c(F)cc(CNC(=O)CCOCCOCCOCCOCCOCCOCCOCCOCCNC(=O)CCN4C(=O)CC(SCCC(=O)N[C@@H]5[C@@H](O)[C@H](C)[C@@H](CO)O[C@H]5C)C4=O)cc3F)C(=O)O)cc2)c(=O)n(C)c(=O)n1C. The van der Waals surface area contributed by atoms with Crippen molar-refractivity contribution in [2.75, 3.05) is 162 Å². The minimum Gasteiger partial charge on any atom is -0.480 e. The molecular formula is C92H146ClF2N11O33S2. The number of hydrogen-bond donors (Lipinski definition) is 17. The van der Waals surface area contributed by atoms with Gasteiger partial charge in [-0.25, -0.2) is 23.2 Å². The molecule has 141 heavy (non-hydrogen) atoms. The number of aliphatic carboxylic acids is 1. The largest absolute Gasteiger partial charge is 0.480 e. The number of carbonyl (C=O) groups excluding carboxylic acids is 9. The molecular weight excluding hydrogens is 1920 g/mol. The van der Waals surface area contributed by atoms with Crippen LogP contribution in [0.1, 0.15) is 122 Å². The molecule has 8 rings (SSSR count). The van der Waals surface area contributed by atoms with Gasteiger partial charge >= 0.3 is 11.7 Å². The number of likely N-dealkylation sites (tertiary alicyclic amines) is 1. The summed E-state index contributed by atoms with van der Waals surface area (Å²) in [4.78, 5) is 150. The second-order valence-corrected chi connectivity index (χ2v) is 37.2. The van der Waals surface area contributed by atoms with Gasteiger partial charge in [-0.1, -0.05) is 52.0 Å². The van der Waals surface area contributed by atoms with Crippen LogP contribution < -0.4 is 53.7 Å². The monoisotopic (exact) mass is 2070 g/mol. The van der Waals surface area contributed by atoms with Crippen LogP contribution in [0, 0.1) is 42.2 Å². The number of aliphatic hydroxyl groups is 8. The summed E-state index contributed by atoms with van der Waals surface area (Å²) in [5.74, 6) is -7.99. The van der Waals surface area contributed by atoms with Crippen molar-refractivity contribution in [1.29, 1.82) is 0 Å². The lowest BCUT2D eigenvalue weighted by Gasteiger charge is -2.42. The second-order valence-electron chi connectivity index (χ2n) is 34.6. The van der Waals surface area contributed by atoms with Gasteiger partial charge in [0.25, 0.3) is 11.5 Å². The van der Waals surface area contributed by atoms with Crippen molar-refractivity contribution in [3.05, 3.63) is 91.3 Å². The van der Waals surface area contributed by atoms with Crippen molar-refractivity contribution in [1.82, 2.24) is 50.8 Å². The van der Waals surface area contributed by atoms with Gasteiger partial charge < -0.3 is 145 Å². The molecule has 5 saturated heterocycles. The number of carbonyl (C=O) groups is 10. The Labute approximate surface area is 832 Å². The van der Waals surface area contributed by atoms with E-state index in [-0.39, 0.29) is 223 Å². The first-order valence-electron chi connectivity index (χ1n) is 46.9. The molecule has 3 aromatic rings. The summed E-state index contributed by atoms with van der Waals surface area (Å²) < 4.78 is 98.6. The number of hydrogen-bond acceptors (Lipinski definition) is 35. The molecule has 9 amide bonds. The minimum atomic E-state index is -1.58. The molecule has 1 aromatic heterocycles. The number of benzene rings is 2. The highest BCUT2D eigenvalue weighted by molar-refractivity contribution is 8.00. The molecule has 5 aliphatic heterocycles. The number of nitrogens with two attached hydrogens (primary N) is 1. The average molecular weight is 2070 g/mol. The van der Waals surface area contributed by atoms with Crippen molar-refractivity contribution in [3.63, 3.8) is 0 Å². The van der Waals surface area contributed by atoms with Crippen molar-refractivity contribution in [3.8, 4) is 11.1 Å². The number of imide groups is 1. The lowest BCUT2D eigenvalue weighted by Crippen LogP contribution is -2.60. The van der Waals surface area contributed by atoms with E-state index in [1.807, 2.05) is 13.8 Å². The van der Waals surface area contributed by atoms with Crippen LogP contribution in [0.15, 0.2) is 46.0 Å². The number of nitrogens with zero attached hydrogens (tertiary/aromatic N) is 3. The highest BCUT2D eigenvalue weighted by Crippen LogP contribution is 2.32. The zero-order valence-electron chi connectivity index (χ0n) is 82.0. The quantitative estimate of drug-likeness (QED) is 0.0164. The molecule has 44 nitrogen and oxygen atoms in total. The van der Waals surface area contributed by atoms with E-state index in [9.17, 15) is 93.3 Å². The van der Waals surface area contributed by atoms with E-state index in [0.29, 0.717) is 102 Å². The van der Waals surface area contributed by atoms with Crippen molar-refractivity contribution >= 4 is 94.4 Å². The molecule has 2 aromatic carbocycles. The van der Waals surface area contributed by atoms with Crippen molar-refractivity contribution in [2.24, 2.45) is 43.5 Å². The van der Waals surface area contributed by atoms with Gasteiger partial charge in [0.2, 0.25) is 47.3 Å². The second kappa shape index (κ2) is 65.5. The summed E-state index contributed by atoms with van der Waals surface area (Å²) in [5.41, 5.74) is 4.63. The third-order valence-corrected chi connectivity index (χ3v) is 26.7. The number of amides is 9. The Morgan fingerprint density at radius 1 is 0.525 bits per heavy atom. The number of nitrogens with one attached hydrogen (secondary N) is 7. The maximum atomic E-state index is 15.1. The van der Waals surface area contributed by atoms with Crippen molar-refractivity contribution < 1.29 is 160 Å². The number of ether oxygens (including phenoxy) is 12. The van der Waals surface area contributed by atoms with E-state index in [4.69, 9.17) is 84.6 Å². The molecule has 0 radical (unpaired) electrons. The first-order chi connectivity index (χ1) is 67.1. The third kappa shape index (κ3) is 41.1. The van der Waals surface area contributed by atoms with Crippen molar-refractivity contribution in [2.45, 2.75) is 223 Å². The van der Waals surface area contributed by atoms with Crippen LogP contribution >= 0.6 is 35.3 Å². The summed E-state index contributed by atoms with van der Waals surface area (Å²) in [7, 11) is 2.88. The molecule has 49 heteroatoms. The van der Waals surface area contributed by atoms with Crippen LogP contribution in [0.5, 0.6) is 0 Å². The standard InChI is InChI=1S/C61H87F2N7O21S.C13H24N2O5S.C10H19NO4.C8H16ClNO3/c1-38-47(37-71)91-40(3)55(56(38)76)67-51(74)12-31-92-48-35-52(75)70(58(48)78)14-10-49(72)64-13-16-84-18-20-86-22-24-88-26-28-90-30-29-89-27-25-87-23-21-85-19-17-83-15-11-50(73)65-36-42-32-44(62)54(45(63)33-42)57(77)66-46(60(80)81)34-41-6-8-43(9-7-41)53-39(2)68(4)61(82)69(5)59(53)79;1-7-9(5-16)20-8(2)12(13(7)19)15-11(18)3-4-21-6-10(14)17;1-5-8(4-12)15-6(2)9(10(5)14)11-7(3)13;1-4-6(3-11)13-5(2)7(10-9)8(4)12/h6-9,32-33,38,40,46-48,55-56,71,76H,10-31,34-37H2,1-5H3,(H,64,72)(H,65,73)(H,66,77)(H,67,74)(H,80,81);7-9,12-13,16,19H,3-6H2,1-2H3,(H2,14,17)(H,15,18);5-6,8-10,12,14H,4H2,1-3H3,(H,11,13);4-8,10-12H,3H2,1-2H3/t38-,40+,46?,47-,48?,55+,56+;7-,8+,9-,12+,13+;5-,6+,8-,9+,10+;4-,5+,6-,7+,8+/m1111/s1. The lowest BCUT2D eigenvalue weighted by molar-refractivity contribution is -0.161. The number of carboxylic acid groups (broad SMARTS) is 1. The smallest absolute Gasteiger partial charge is 0.330 e. The first-order valence-corrected chi connectivity index (χ1v) is 49.5. The summed E-state index contributed by atoms with van der Waals surface area (Å²) in [6.07, 6.45) is -6.01. The molecule has 0 aliphatic carbocycles. The van der Waals surface area contributed by atoms with E-state index >= 15 is 8.78 Å². The molecule has 5 fully saturated rings. The Morgan fingerprint density at radius 2 is 0.922 bits per heavy atom. The molecule has 800 valence electrons. The molecule has 18 N–H and O–H groups in total. The Kier molecular flexibility index (Phi) is 57.4. The van der Waals surface area contributed by atoms with E-state index in [2.05, 4.69) is 36.7 Å². The number of aliphatic hydroxyl groups excluding tert-OH is 8. The number of primary amides is 1. The highest BCUT2D eigenvalue weighted by atomic mass is 35.5. The third-order valence-electron chi connectivity index (χ3n) is 24.3. The Morgan fingerprint density at radius 3 is 1.33 bits per heavy atom. The van der Waals surface area contributed by atoms with Gasteiger partial charge in [-0.15, -0.1) is 11.8 Å². The lowest BCUT2D eigenvalue weighted by atomic mass is 9.87. The topological polar surface area (TPSA) is 621 Å². The van der Waals surface area contributed by atoms with E-state index in [1.54, 1.807) is 72.7 Å². The summed E-state index contributed by atoms with van der Waals surface area (Å²) in [5, 5.41) is 102. The number of halogens is 3. The van der Waals surface area contributed by atoms with Gasteiger partial charge in [0.1, 0.15) is 23.2 Å². The zero-order valence-corrected chi connectivity index (χ0v) is 84.4. The van der Waals surface area contributed by atoms with Crippen LogP contribution in [0.25, 0.3) is 11.1 Å².